The van der Waals surface area contributed by atoms with Crippen LogP contribution in [0.3, 0.4) is 0 Å². The average Bonchev–Trinajstić information content (AvgIpc) is 3.08. The van der Waals surface area contributed by atoms with Crippen LogP contribution in [-0.2, 0) is 0 Å². The SMILES string of the molecule is Cc1cccc(N2CCC(N3CCC[C@H](c4n[nH]c(C)n4)C3)CC2)c1. The van der Waals surface area contributed by atoms with Gasteiger partial charge in [0.1, 0.15) is 5.82 Å². The monoisotopic (exact) mass is 339 g/mol. The summed E-state index contributed by atoms with van der Waals surface area (Å²) in [6.45, 7) is 8.83. The normalized spacial score (nSPS) is 23.1. The van der Waals surface area contributed by atoms with Crippen molar-refractivity contribution < 1.29 is 0 Å². The van der Waals surface area contributed by atoms with Gasteiger partial charge in [0.25, 0.3) is 0 Å². The predicted molar refractivity (Wildman–Crippen MR) is 101 cm³/mol. The lowest BCUT2D eigenvalue weighted by molar-refractivity contribution is 0.126. The van der Waals surface area contributed by atoms with Crippen LogP contribution in [-0.4, -0.2) is 52.3 Å². The van der Waals surface area contributed by atoms with E-state index in [1.54, 1.807) is 0 Å². The zero-order valence-corrected chi connectivity index (χ0v) is 15.4. The van der Waals surface area contributed by atoms with Crippen molar-refractivity contribution >= 4 is 5.69 Å². The number of benzene rings is 1. The summed E-state index contributed by atoms with van der Waals surface area (Å²) in [4.78, 5) is 9.82. The molecule has 2 saturated heterocycles. The van der Waals surface area contributed by atoms with Gasteiger partial charge < -0.3 is 4.90 Å². The molecule has 1 N–H and O–H groups in total. The number of nitrogens with one attached hydrogen (secondary N) is 1. The van der Waals surface area contributed by atoms with E-state index in [0.29, 0.717) is 12.0 Å². The van der Waals surface area contributed by atoms with E-state index in [4.69, 9.17) is 0 Å². The maximum atomic E-state index is 4.57. The van der Waals surface area contributed by atoms with Crippen molar-refractivity contribution in [3.63, 3.8) is 0 Å². The second-order valence-corrected chi connectivity index (χ2v) is 7.67. The highest BCUT2D eigenvalue weighted by molar-refractivity contribution is 5.48. The van der Waals surface area contributed by atoms with Gasteiger partial charge in [-0.15, -0.1) is 0 Å². The molecule has 1 atom stereocenters. The number of nitrogens with zero attached hydrogens (tertiary/aromatic N) is 4. The maximum absolute atomic E-state index is 4.57. The fourth-order valence-corrected chi connectivity index (χ4v) is 4.41. The van der Waals surface area contributed by atoms with Crippen molar-refractivity contribution in [1.29, 1.82) is 0 Å². The minimum Gasteiger partial charge on any atom is -0.371 e. The quantitative estimate of drug-likeness (QED) is 0.932. The number of anilines is 1. The van der Waals surface area contributed by atoms with Crippen LogP contribution in [0.4, 0.5) is 5.69 Å². The zero-order valence-electron chi connectivity index (χ0n) is 15.4. The number of aromatic amines is 1. The fourth-order valence-electron chi connectivity index (χ4n) is 4.41. The van der Waals surface area contributed by atoms with Crippen LogP contribution in [0.2, 0.25) is 0 Å². The van der Waals surface area contributed by atoms with Crippen LogP contribution in [0.25, 0.3) is 0 Å². The molecule has 5 nitrogen and oxygen atoms in total. The van der Waals surface area contributed by atoms with Crippen molar-refractivity contribution in [1.82, 2.24) is 20.1 Å². The number of aryl methyl sites for hydroxylation is 2. The van der Waals surface area contributed by atoms with Crippen LogP contribution in [0.5, 0.6) is 0 Å². The summed E-state index contributed by atoms with van der Waals surface area (Å²) in [5, 5.41) is 7.41. The number of aromatic nitrogens is 3. The third kappa shape index (κ3) is 3.71. The molecule has 0 bridgehead atoms. The minimum atomic E-state index is 0.494. The highest BCUT2D eigenvalue weighted by Gasteiger charge is 2.30. The highest BCUT2D eigenvalue weighted by Crippen LogP contribution is 2.29. The number of hydrogen-bond donors (Lipinski definition) is 1. The Balaban J connectivity index is 1.35. The molecular weight excluding hydrogens is 310 g/mol. The van der Waals surface area contributed by atoms with Crippen LogP contribution < -0.4 is 4.90 Å². The van der Waals surface area contributed by atoms with Crippen LogP contribution in [0.15, 0.2) is 24.3 Å². The topological polar surface area (TPSA) is 48.0 Å². The van der Waals surface area contributed by atoms with Gasteiger partial charge in [-0.2, -0.15) is 5.10 Å². The van der Waals surface area contributed by atoms with E-state index >= 15 is 0 Å². The molecule has 0 unspecified atom stereocenters. The van der Waals surface area contributed by atoms with Crippen LogP contribution >= 0.6 is 0 Å². The van der Waals surface area contributed by atoms with E-state index in [1.165, 1.54) is 43.5 Å². The molecule has 2 fully saturated rings. The Labute approximate surface area is 150 Å². The highest BCUT2D eigenvalue weighted by atomic mass is 15.2. The van der Waals surface area contributed by atoms with Crippen LogP contribution in [0.1, 0.15) is 48.8 Å². The molecule has 0 radical (unpaired) electrons. The predicted octanol–water partition coefficient (Wildman–Crippen LogP) is 3.27. The van der Waals surface area contributed by atoms with Gasteiger partial charge in [-0.05, 0) is 63.8 Å². The van der Waals surface area contributed by atoms with Crippen molar-refractivity contribution in [2.45, 2.75) is 51.5 Å². The van der Waals surface area contributed by atoms with Gasteiger partial charge in [0.15, 0.2) is 5.82 Å². The number of hydrogen-bond acceptors (Lipinski definition) is 4. The molecule has 1 aromatic heterocycles. The Morgan fingerprint density at radius 1 is 1.08 bits per heavy atom. The Kier molecular flexibility index (Phi) is 4.75. The molecule has 0 amide bonds. The van der Waals surface area contributed by atoms with E-state index < -0.39 is 0 Å². The summed E-state index contributed by atoms with van der Waals surface area (Å²) >= 11 is 0. The first-order valence-electron chi connectivity index (χ1n) is 9.63. The maximum Gasteiger partial charge on any atom is 0.155 e. The summed E-state index contributed by atoms with van der Waals surface area (Å²) in [5.74, 6) is 2.44. The van der Waals surface area contributed by atoms with E-state index in [-0.39, 0.29) is 0 Å². The van der Waals surface area contributed by atoms with Crippen molar-refractivity contribution in [3.05, 3.63) is 41.5 Å². The molecule has 3 heterocycles. The van der Waals surface area contributed by atoms with Gasteiger partial charge in [-0.25, -0.2) is 4.98 Å². The second kappa shape index (κ2) is 7.16. The molecule has 2 aromatic rings. The lowest BCUT2D eigenvalue weighted by Gasteiger charge is -2.42. The van der Waals surface area contributed by atoms with Crippen molar-refractivity contribution in [2.24, 2.45) is 0 Å². The largest absolute Gasteiger partial charge is 0.371 e. The molecular formula is C20H29N5. The van der Waals surface area contributed by atoms with Crippen molar-refractivity contribution in [2.75, 3.05) is 31.1 Å². The molecule has 0 spiro atoms. The molecule has 25 heavy (non-hydrogen) atoms. The zero-order chi connectivity index (χ0) is 17.2. The van der Waals surface area contributed by atoms with E-state index in [0.717, 1.165) is 31.3 Å². The molecule has 5 heteroatoms. The molecule has 134 valence electrons. The Morgan fingerprint density at radius 3 is 2.64 bits per heavy atom. The van der Waals surface area contributed by atoms with E-state index in [1.807, 2.05) is 6.92 Å². The lowest BCUT2D eigenvalue weighted by atomic mass is 9.93. The summed E-state index contributed by atoms with van der Waals surface area (Å²) in [5.41, 5.74) is 2.73. The molecule has 0 aliphatic carbocycles. The van der Waals surface area contributed by atoms with Gasteiger partial charge in [-0.1, -0.05) is 12.1 Å². The van der Waals surface area contributed by atoms with E-state index in [9.17, 15) is 0 Å². The number of piperidine rings is 2. The fraction of sp³-hybridized carbons (Fsp3) is 0.600. The standard InChI is InChI=1S/C20H29N5/c1-15-5-3-7-19(13-15)24-11-8-18(9-12-24)25-10-4-6-17(14-25)20-21-16(2)22-23-20/h3,5,7,13,17-18H,4,6,8-12,14H2,1-2H3,(H,21,22,23)/t17-/m0/s1. The van der Waals surface area contributed by atoms with Gasteiger partial charge >= 0.3 is 0 Å². The van der Waals surface area contributed by atoms with Crippen LogP contribution in [0, 0.1) is 13.8 Å². The summed E-state index contributed by atoms with van der Waals surface area (Å²) in [6, 6.07) is 9.61. The summed E-state index contributed by atoms with van der Waals surface area (Å²) < 4.78 is 0. The molecule has 0 saturated carbocycles. The van der Waals surface area contributed by atoms with Gasteiger partial charge in [0.2, 0.25) is 0 Å². The first-order valence-corrected chi connectivity index (χ1v) is 9.63. The lowest BCUT2D eigenvalue weighted by Crippen LogP contribution is -2.48. The Morgan fingerprint density at radius 2 is 1.92 bits per heavy atom. The third-order valence-electron chi connectivity index (χ3n) is 5.78. The Hall–Kier alpha value is -1.88. The first kappa shape index (κ1) is 16.6. The average molecular weight is 339 g/mol. The summed E-state index contributed by atoms with van der Waals surface area (Å²) in [7, 11) is 0. The van der Waals surface area contributed by atoms with Gasteiger partial charge in [0, 0.05) is 37.3 Å². The minimum absolute atomic E-state index is 0.494. The van der Waals surface area contributed by atoms with E-state index in [2.05, 4.69) is 56.2 Å². The second-order valence-electron chi connectivity index (χ2n) is 7.67. The number of H-pyrrole nitrogens is 1. The third-order valence-corrected chi connectivity index (χ3v) is 5.78. The number of likely N-dealkylation sites (tertiary alicyclic amines) is 1. The van der Waals surface area contributed by atoms with Gasteiger partial charge in [-0.3, -0.25) is 10.00 Å². The molecule has 2 aliphatic heterocycles. The van der Waals surface area contributed by atoms with Crippen molar-refractivity contribution in [3.8, 4) is 0 Å². The summed E-state index contributed by atoms with van der Waals surface area (Å²) in [6.07, 6.45) is 4.99. The molecule has 2 aliphatic rings. The van der Waals surface area contributed by atoms with Gasteiger partial charge in [0.05, 0.1) is 0 Å². The molecule has 4 rings (SSSR count). The molecule has 1 aromatic carbocycles. The smallest absolute Gasteiger partial charge is 0.155 e. The first-order chi connectivity index (χ1) is 12.2. The number of rotatable bonds is 3. The Bertz CT molecular complexity index is 702.